The highest BCUT2D eigenvalue weighted by atomic mass is 32.2. The second-order valence-corrected chi connectivity index (χ2v) is 7.16. The number of hydrogen-bond acceptors (Lipinski definition) is 4. The van der Waals surface area contributed by atoms with Gasteiger partial charge in [0.25, 0.3) is 5.91 Å². The van der Waals surface area contributed by atoms with Crippen LogP contribution in [0.2, 0.25) is 0 Å². The molecule has 0 aliphatic carbocycles. The standard InChI is InChI=1S/C17H14N2O3S/c1-23(21,22)14-9-7-13(8-10-14)18-17(20)16-11-6-12-4-2-3-5-15(12)19-16/h2-11H,1H3,(H,18,20). The highest BCUT2D eigenvalue weighted by molar-refractivity contribution is 7.90. The predicted octanol–water partition coefficient (Wildman–Crippen LogP) is 2.89. The molecule has 2 aromatic carbocycles. The third-order valence-electron chi connectivity index (χ3n) is 3.37. The Hall–Kier alpha value is -2.73. The number of rotatable bonds is 3. The summed E-state index contributed by atoms with van der Waals surface area (Å²) in [5.74, 6) is -0.345. The molecule has 1 aromatic heterocycles. The molecular weight excluding hydrogens is 312 g/mol. The second-order valence-electron chi connectivity index (χ2n) is 5.14. The van der Waals surface area contributed by atoms with Gasteiger partial charge in [0, 0.05) is 17.3 Å². The van der Waals surface area contributed by atoms with Crippen LogP contribution in [0.25, 0.3) is 10.9 Å². The van der Waals surface area contributed by atoms with Gasteiger partial charge in [0.1, 0.15) is 5.69 Å². The SMILES string of the molecule is CS(=O)(=O)c1ccc(NC(=O)c2ccc3ccccc3n2)cc1. The zero-order valence-electron chi connectivity index (χ0n) is 12.4. The van der Waals surface area contributed by atoms with Crippen LogP contribution >= 0.6 is 0 Å². The Morgan fingerprint density at radius 3 is 2.35 bits per heavy atom. The molecular formula is C17H14N2O3S. The molecule has 0 aliphatic heterocycles. The van der Waals surface area contributed by atoms with E-state index in [9.17, 15) is 13.2 Å². The van der Waals surface area contributed by atoms with Gasteiger partial charge in [-0.15, -0.1) is 0 Å². The molecule has 23 heavy (non-hydrogen) atoms. The molecule has 0 spiro atoms. The van der Waals surface area contributed by atoms with E-state index in [0.717, 1.165) is 17.2 Å². The van der Waals surface area contributed by atoms with Gasteiger partial charge in [0.15, 0.2) is 9.84 Å². The van der Waals surface area contributed by atoms with Gasteiger partial charge in [-0.3, -0.25) is 4.79 Å². The molecule has 116 valence electrons. The maximum Gasteiger partial charge on any atom is 0.274 e. The first-order chi connectivity index (χ1) is 10.9. The minimum atomic E-state index is -3.25. The molecule has 0 unspecified atom stereocenters. The van der Waals surface area contributed by atoms with Crippen molar-refractivity contribution in [3.05, 3.63) is 66.4 Å². The number of benzene rings is 2. The van der Waals surface area contributed by atoms with Crippen LogP contribution < -0.4 is 5.32 Å². The van der Waals surface area contributed by atoms with E-state index in [-0.39, 0.29) is 10.8 Å². The molecule has 0 saturated heterocycles. The zero-order chi connectivity index (χ0) is 16.4. The van der Waals surface area contributed by atoms with E-state index in [2.05, 4.69) is 10.3 Å². The summed E-state index contributed by atoms with van der Waals surface area (Å²) in [6, 6.07) is 17.0. The first-order valence-electron chi connectivity index (χ1n) is 6.91. The molecule has 0 atom stereocenters. The number of nitrogens with zero attached hydrogens (tertiary/aromatic N) is 1. The highest BCUT2D eigenvalue weighted by Gasteiger charge is 2.10. The number of anilines is 1. The first kappa shape index (κ1) is 15.2. The summed E-state index contributed by atoms with van der Waals surface area (Å²) in [5, 5.41) is 3.67. The number of hydrogen-bond donors (Lipinski definition) is 1. The van der Waals surface area contributed by atoms with Crippen molar-refractivity contribution in [2.75, 3.05) is 11.6 Å². The summed E-state index contributed by atoms with van der Waals surface area (Å²) in [6.07, 6.45) is 1.14. The number of amides is 1. The molecule has 5 nitrogen and oxygen atoms in total. The minimum Gasteiger partial charge on any atom is -0.321 e. The van der Waals surface area contributed by atoms with Crippen LogP contribution in [0.5, 0.6) is 0 Å². The zero-order valence-corrected chi connectivity index (χ0v) is 13.2. The number of fused-ring (bicyclic) bond motifs is 1. The summed E-state index contributed by atoms with van der Waals surface area (Å²) >= 11 is 0. The minimum absolute atomic E-state index is 0.208. The largest absolute Gasteiger partial charge is 0.321 e. The predicted molar refractivity (Wildman–Crippen MR) is 89.2 cm³/mol. The van der Waals surface area contributed by atoms with Crippen LogP contribution in [-0.4, -0.2) is 25.6 Å². The quantitative estimate of drug-likeness (QED) is 0.803. The molecule has 3 rings (SSSR count). The normalized spacial score (nSPS) is 11.3. The molecule has 1 amide bonds. The molecule has 3 aromatic rings. The molecule has 6 heteroatoms. The Labute approximate surface area is 133 Å². The van der Waals surface area contributed by atoms with Crippen molar-refractivity contribution in [1.29, 1.82) is 0 Å². The van der Waals surface area contributed by atoms with Gasteiger partial charge in [0.05, 0.1) is 10.4 Å². The average molecular weight is 326 g/mol. The molecule has 0 fully saturated rings. The Morgan fingerprint density at radius 2 is 1.65 bits per heavy atom. The number of nitrogens with one attached hydrogen (secondary N) is 1. The van der Waals surface area contributed by atoms with Crippen LogP contribution in [0.15, 0.2) is 65.6 Å². The number of carbonyl (C=O) groups is 1. The molecule has 0 bridgehead atoms. The lowest BCUT2D eigenvalue weighted by Gasteiger charge is -2.06. The van der Waals surface area contributed by atoms with Crippen molar-refractivity contribution in [3.8, 4) is 0 Å². The van der Waals surface area contributed by atoms with Gasteiger partial charge in [-0.25, -0.2) is 13.4 Å². The number of carbonyl (C=O) groups excluding carboxylic acids is 1. The Morgan fingerprint density at radius 1 is 0.957 bits per heavy atom. The summed E-state index contributed by atoms with van der Waals surface area (Å²) < 4.78 is 22.8. The monoisotopic (exact) mass is 326 g/mol. The van der Waals surface area contributed by atoms with Gasteiger partial charge < -0.3 is 5.32 Å². The molecule has 1 heterocycles. The maximum absolute atomic E-state index is 12.2. The third kappa shape index (κ3) is 3.37. The summed E-state index contributed by atoms with van der Waals surface area (Å²) in [6.45, 7) is 0. The Kier molecular flexibility index (Phi) is 3.83. The van der Waals surface area contributed by atoms with E-state index in [1.54, 1.807) is 18.2 Å². The summed E-state index contributed by atoms with van der Waals surface area (Å²) in [7, 11) is -3.25. The van der Waals surface area contributed by atoms with E-state index in [1.165, 1.54) is 12.1 Å². The van der Waals surface area contributed by atoms with Crippen LogP contribution in [0, 0.1) is 0 Å². The average Bonchev–Trinajstić information content (AvgIpc) is 2.54. The smallest absolute Gasteiger partial charge is 0.274 e. The van der Waals surface area contributed by atoms with E-state index in [1.807, 2.05) is 30.3 Å². The Balaban J connectivity index is 1.82. The van der Waals surface area contributed by atoms with Gasteiger partial charge in [-0.05, 0) is 36.4 Å². The fourth-order valence-electron chi connectivity index (χ4n) is 2.17. The molecule has 0 saturated carbocycles. The fourth-order valence-corrected chi connectivity index (χ4v) is 2.80. The van der Waals surface area contributed by atoms with Crippen LogP contribution in [-0.2, 0) is 9.84 Å². The van der Waals surface area contributed by atoms with Gasteiger partial charge >= 0.3 is 0 Å². The van der Waals surface area contributed by atoms with Crippen molar-refractivity contribution >= 4 is 32.3 Å². The van der Waals surface area contributed by atoms with E-state index in [4.69, 9.17) is 0 Å². The van der Waals surface area contributed by atoms with E-state index >= 15 is 0 Å². The van der Waals surface area contributed by atoms with Crippen molar-refractivity contribution in [2.24, 2.45) is 0 Å². The van der Waals surface area contributed by atoms with Gasteiger partial charge in [-0.1, -0.05) is 24.3 Å². The van der Waals surface area contributed by atoms with E-state index < -0.39 is 9.84 Å². The number of sulfone groups is 1. The highest BCUT2D eigenvalue weighted by Crippen LogP contribution is 2.16. The first-order valence-corrected chi connectivity index (χ1v) is 8.80. The molecule has 0 aliphatic rings. The maximum atomic E-state index is 12.2. The van der Waals surface area contributed by atoms with Crippen molar-refractivity contribution in [1.82, 2.24) is 4.98 Å². The van der Waals surface area contributed by atoms with Crippen LogP contribution in [0.4, 0.5) is 5.69 Å². The number of pyridine rings is 1. The summed E-state index contributed by atoms with van der Waals surface area (Å²) in [4.78, 5) is 16.8. The topological polar surface area (TPSA) is 76.1 Å². The van der Waals surface area contributed by atoms with Gasteiger partial charge in [0.2, 0.25) is 0 Å². The number of aromatic nitrogens is 1. The van der Waals surface area contributed by atoms with Crippen molar-refractivity contribution < 1.29 is 13.2 Å². The number of para-hydroxylation sites is 1. The lowest BCUT2D eigenvalue weighted by atomic mass is 10.2. The fraction of sp³-hybridized carbons (Fsp3) is 0.0588. The molecule has 1 N–H and O–H groups in total. The van der Waals surface area contributed by atoms with Crippen LogP contribution in [0.1, 0.15) is 10.5 Å². The van der Waals surface area contributed by atoms with Gasteiger partial charge in [-0.2, -0.15) is 0 Å². The molecule has 0 radical (unpaired) electrons. The van der Waals surface area contributed by atoms with Crippen molar-refractivity contribution in [2.45, 2.75) is 4.90 Å². The Bertz CT molecular complexity index is 980. The lowest BCUT2D eigenvalue weighted by Crippen LogP contribution is -2.13. The summed E-state index contributed by atoms with van der Waals surface area (Å²) in [5.41, 5.74) is 1.56. The lowest BCUT2D eigenvalue weighted by molar-refractivity contribution is 0.102. The van der Waals surface area contributed by atoms with Crippen molar-refractivity contribution in [3.63, 3.8) is 0 Å². The second kappa shape index (κ2) is 5.81. The van der Waals surface area contributed by atoms with Crippen LogP contribution in [0.3, 0.4) is 0 Å². The third-order valence-corrected chi connectivity index (χ3v) is 4.50. The van der Waals surface area contributed by atoms with E-state index in [0.29, 0.717) is 11.4 Å².